The highest BCUT2D eigenvalue weighted by molar-refractivity contribution is 6.58. The van der Waals surface area contributed by atoms with Crippen molar-refractivity contribution in [2.45, 2.75) is 64.0 Å². The Morgan fingerprint density at radius 2 is 1.60 bits per heavy atom. The van der Waals surface area contributed by atoms with E-state index in [9.17, 15) is 29.5 Å². The minimum Gasteiger partial charge on any atom is -0.558 e. The van der Waals surface area contributed by atoms with E-state index >= 15 is 0 Å². The van der Waals surface area contributed by atoms with E-state index in [1.165, 1.54) is 13.8 Å². The lowest BCUT2D eigenvalue weighted by Crippen LogP contribution is -2.61. The first-order chi connectivity index (χ1) is 13.9. The Morgan fingerprint density at radius 1 is 0.967 bits per heavy atom. The van der Waals surface area contributed by atoms with E-state index in [0.717, 1.165) is 0 Å². The van der Waals surface area contributed by atoms with Crippen molar-refractivity contribution in [1.29, 1.82) is 0 Å². The smallest absolute Gasteiger partial charge is 0.393 e. The van der Waals surface area contributed by atoms with E-state index in [4.69, 9.17) is 17.2 Å². The normalized spacial score (nSPS) is 14.2. The van der Waals surface area contributed by atoms with Crippen LogP contribution in [0, 0.1) is 0 Å². The third-order valence-electron chi connectivity index (χ3n) is 4.23. The molecule has 0 aliphatic heterocycles. The van der Waals surface area contributed by atoms with Crippen LogP contribution in [0.15, 0.2) is 4.99 Å². The highest BCUT2D eigenvalue weighted by atomic mass is 16.5. The predicted molar refractivity (Wildman–Crippen MR) is 112 cm³/mol. The summed E-state index contributed by atoms with van der Waals surface area (Å²) in [6.07, 6.45) is 1.57. The molecule has 0 aromatic carbocycles. The largest absolute Gasteiger partial charge is 0.558 e. The molecule has 0 saturated carbocycles. The third kappa shape index (κ3) is 12.2. The fourth-order valence-electron chi connectivity index (χ4n) is 2.64. The number of unbranched alkanes of at least 4 members (excludes halogenated alkanes) is 1. The van der Waals surface area contributed by atoms with Gasteiger partial charge in [-0.25, -0.2) is 0 Å². The van der Waals surface area contributed by atoms with Crippen molar-refractivity contribution >= 4 is 30.4 Å². The number of hydrogen-bond donors (Lipinski definition) is 9. The monoisotopic (exact) mass is 432 g/mol. The van der Waals surface area contributed by atoms with Gasteiger partial charge in [0.1, 0.15) is 12.1 Å². The molecular weight excluding hydrogens is 397 g/mol. The van der Waals surface area contributed by atoms with Gasteiger partial charge in [0.15, 0.2) is 5.96 Å². The van der Waals surface area contributed by atoms with E-state index in [2.05, 4.69) is 20.9 Å². The number of guanidine groups is 1. The Kier molecular flexibility index (Phi) is 12.6. The summed E-state index contributed by atoms with van der Waals surface area (Å²) < 4.78 is 0. The van der Waals surface area contributed by atoms with Gasteiger partial charge in [0, 0.05) is 13.5 Å². The molecule has 0 fully saturated rings. The molecule has 0 unspecified atom stereocenters. The molecule has 0 aliphatic rings. The Morgan fingerprint density at radius 3 is 2.10 bits per heavy atom. The molecular formula is C16H35BN7O6-. The zero-order valence-electron chi connectivity index (χ0n) is 17.5. The summed E-state index contributed by atoms with van der Waals surface area (Å²) in [5.41, 5.74) is 15.9. The molecule has 0 saturated heterocycles. The molecule has 14 heteroatoms. The van der Waals surface area contributed by atoms with Crippen LogP contribution in [0.25, 0.3) is 0 Å². The quantitative estimate of drug-likeness (QED) is 0.0563. The Hall–Kier alpha value is -2.42. The van der Waals surface area contributed by atoms with Gasteiger partial charge in [-0.05, 0) is 45.1 Å². The van der Waals surface area contributed by atoms with Crippen LogP contribution in [-0.2, 0) is 14.4 Å². The van der Waals surface area contributed by atoms with Crippen molar-refractivity contribution in [3.8, 4) is 0 Å². The second-order valence-electron chi connectivity index (χ2n) is 7.13. The first-order valence-corrected chi connectivity index (χ1v) is 9.83. The molecule has 0 aromatic rings. The Bertz CT molecular complexity index is 595. The van der Waals surface area contributed by atoms with Gasteiger partial charge in [-0.3, -0.25) is 19.4 Å². The van der Waals surface area contributed by atoms with E-state index < -0.39 is 42.5 Å². The van der Waals surface area contributed by atoms with Crippen molar-refractivity contribution in [3.05, 3.63) is 0 Å². The lowest BCUT2D eigenvalue weighted by Gasteiger charge is -2.34. The van der Waals surface area contributed by atoms with Crippen molar-refractivity contribution in [1.82, 2.24) is 16.0 Å². The maximum atomic E-state index is 12.7. The summed E-state index contributed by atoms with van der Waals surface area (Å²) >= 11 is 0. The molecule has 3 atom stereocenters. The molecule has 0 radical (unpaired) electrons. The van der Waals surface area contributed by atoms with Crippen LogP contribution >= 0.6 is 0 Å². The number of aliphatic imine (C=N–C) groups is 1. The fraction of sp³-hybridized carbons (Fsp3) is 0.750. The van der Waals surface area contributed by atoms with Gasteiger partial charge in [-0.15, -0.1) is 0 Å². The topological polar surface area (TPSA) is 238 Å². The number of nitrogens with zero attached hydrogens (tertiary/aromatic N) is 1. The van der Waals surface area contributed by atoms with Crippen LogP contribution < -0.4 is 33.2 Å². The zero-order chi connectivity index (χ0) is 23.3. The minimum atomic E-state index is -3.88. The molecule has 0 rings (SSSR count). The maximum Gasteiger partial charge on any atom is 0.393 e. The Balaban J connectivity index is 5.15. The fourth-order valence-corrected chi connectivity index (χ4v) is 2.64. The molecule has 30 heavy (non-hydrogen) atoms. The SMILES string of the molecule is CC(=O)N[C@@H](C)C(=O)N[C@@H](CCCCN)C(=O)N[C@@H](CCCN=C(N)N)[B-](O)(O)O. The summed E-state index contributed by atoms with van der Waals surface area (Å²) in [5.74, 6) is -3.24. The number of rotatable bonds is 14. The number of carbonyl (C=O) groups excluding carboxylic acids is 3. The summed E-state index contributed by atoms with van der Waals surface area (Å²) in [7, 11) is 0. The molecule has 174 valence electrons. The first kappa shape index (κ1) is 27.6. The second-order valence-corrected chi connectivity index (χ2v) is 7.13. The highest BCUT2D eigenvalue weighted by Crippen LogP contribution is 2.08. The standard InChI is InChI=1S/C16H35BN7O6/c1-10(22-11(2)25)14(26)23-12(6-3-4-8-18)15(27)24-13(17(28,29)30)7-5-9-21-16(19)20/h10,12-13,28-30H,3-9,18H2,1-2H3,(H,22,25)(H,23,26)(H,24,27)(H4,19,20,21)/q-1/t10-,12-,13-/m0/s1. The van der Waals surface area contributed by atoms with Crippen LogP contribution in [0.5, 0.6) is 0 Å². The molecule has 0 aliphatic carbocycles. The zero-order valence-corrected chi connectivity index (χ0v) is 17.5. The van der Waals surface area contributed by atoms with Crippen molar-refractivity contribution < 1.29 is 29.5 Å². The van der Waals surface area contributed by atoms with Gasteiger partial charge in [0.2, 0.25) is 17.7 Å². The lowest BCUT2D eigenvalue weighted by molar-refractivity contribution is -0.131. The number of nitrogens with one attached hydrogen (secondary N) is 3. The number of carbonyl (C=O) groups is 3. The van der Waals surface area contributed by atoms with Gasteiger partial charge < -0.3 is 48.2 Å². The van der Waals surface area contributed by atoms with Gasteiger partial charge in [0.25, 0.3) is 0 Å². The van der Waals surface area contributed by atoms with E-state index in [0.29, 0.717) is 19.4 Å². The van der Waals surface area contributed by atoms with Crippen molar-refractivity contribution in [2.75, 3.05) is 13.1 Å². The van der Waals surface area contributed by atoms with Gasteiger partial charge in [-0.2, -0.15) is 0 Å². The number of nitrogens with two attached hydrogens (primary N) is 3. The average molecular weight is 432 g/mol. The maximum absolute atomic E-state index is 12.7. The van der Waals surface area contributed by atoms with Crippen molar-refractivity contribution in [3.63, 3.8) is 0 Å². The molecule has 0 heterocycles. The number of hydrogen-bond acceptors (Lipinski definition) is 8. The summed E-state index contributed by atoms with van der Waals surface area (Å²) in [6.45, 7) is -0.610. The average Bonchev–Trinajstić information content (AvgIpc) is 2.61. The first-order valence-electron chi connectivity index (χ1n) is 9.83. The van der Waals surface area contributed by atoms with Gasteiger partial charge in [0.05, 0.1) is 0 Å². The third-order valence-corrected chi connectivity index (χ3v) is 4.23. The van der Waals surface area contributed by atoms with Crippen LogP contribution in [0.4, 0.5) is 0 Å². The molecule has 0 spiro atoms. The van der Waals surface area contributed by atoms with Crippen LogP contribution in [0.1, 0.15) is 46.0 Å². The molecule has 0 bridgehead atoms. The van der Waals surface area contributed by atoms with Crippen LogP contribution in [0.3, 0.4) is 0 Å². The highest BCUT2D eigenvalue weighted by Gasteiger charge is 2.32. The summed E-state index contributed by atoms with van der Waals surface area (Å²) in [6, 6.07) is -1.90. The van der Waals surface area contributed by atoms with Crippen LogP contribution in [0.2, 0.25) is 0 Å². The molecule has 3 amide bonds. The Labute approximate surface area is 175 Å². The second kappa shape index (κ2) is 13.7. The van der Waals surface area contributed by atoms with Gasteiger partial charge >= 0.3 is 6.75 Å². The summed E-state index contributed by atoms with van der Waals surface area (Å²) in [5, 5.41) is 36.1. The van der Waals surface area contributed by atoms with E-state index in [1.54, 1.807) is 0 Å². The minimum absolute atomic E-state index is 0.0300. The molecule has 12 N–H and O–H groups in total. The predicted octanol–water partition coefficient (Wildman–Crippen LogP) is -3.88. The van der Waals surface area contributed by atoms with Crippen molar-refractivity contribution in [2.24, 2.45) is 22.2 Å². The van der Waals surface area contributed by atoms with E-state index in [1.807, 2.05) is 0 Å². The van der Waals surface area contributed by atoms with E-state index in [-0.39, 0.29) is 31.8 Å². The van der Waals surface area contributed by atoms with Crippen LogP contribution in [-0.4, -0.2) is 76.6 Å². The van der Waals surface area contributed by atoms with Gasteiger partial charge in [-0.1, -0.05) is 6.42 Å². The lowest BCUT2D eigenvalue weighted by atomic mass is 9.68. The number of amides is 3. The molecule has 0 aromatic heterocycles. The molecule has 13 nitrogen and oxygen atoms in total. The summed E-state index contributed by atoms with van der Waals surface area (Å²) in [4.78, 5) is 39.8.